The molecule has 0 bridgehead atoms. The van der Waals surface area contributed by atoms with E-state index in [9.17, 15) is 4.79 Å². The molecule has 6 heteroatoms. The molecule has 5 nitrogen and oxygen atoms in total. The van der Waals surface area contributed by atoms with Crippen molar-refractivity contribution in [2.24, 2.45) is 0 Å². The number of H-pyrrole nitrogens is 1. The molecule has 0 aliphatic heterocycles. The molecule has 2 rings (SSSR count). The van der Waals surface area contributed by atoms with Gasteiger partial charge in [0.25, 0.3) is 0 Å². The van der Waals surface area contributed by atoms with Gasteiger partial charge in [-0.05, 0) is 30.8 Å². The predicted octanol–water partition coefficient (Wildman–Crippen LogP) is 1.58. The number of fused-ring (bicyclic) bond motifs is 1. The molecule has 0 aliphatic carbocycles. The topological polar surface area (TPSA) is 59.9 Å². The maximum atomic E-state index is 11.2. The first-order valence-electron chi connectivity index (χ1n) is 4.74. The van der Waals surface area contributed by atoms with Crippen molar-refractivity contribution in [3.63, 3.8) is 0 Å². The minimum atomic E-state index is -0.348. The third-order valence-electron chi connectivity index (χ3n) is 2.26. The van der Waals surface area contributed by atoms with Crippen molar-refractivity contribution in [1.29, 1.82) is 0 Å². The van der Waals surface area contributed by atoms with E-state index in [2.05, 4.69) is 14.7 Å². The molecular weight excluding hydrogens is 226 g/mol. The molecule has 2 heterocycles. The van der Waals surface area contributed by atoms with E-state index in [1.807, 2.05) is 13.0 Å². The molecule has 0 saturated heterocycles. The second-order valence-corrected chi connectivity index (χ2v) is 3.86. The van der Waals surface area contributed by atoms with Gasteiger partial charge in [0.2, 0.25) is 0 Å². The number of aromatic nitrogens is 3. The quantitative estimate of drug-likeness (QED) is 0.636. The summed E-state index contributed by atoms with van der Waals surface area (Å²) in [5, 5.41) is 0. The first-order valence-corrected chi connectivity index (χ1v) is 5.14. The number of rotatable bonds is 2. The molecule has 0 fully saturated rings. The fourth-order valence-corrected chi connectivity index (χ4v) is 1.75. The number of carbonyl (C=O) groups excluding carboxylic acids is 1. The summed E-state index contributed by atoms with van der Waals surface area (Å²) >= 11 is 5.12. The minimum Gasteiger partial charge on any atom is -0.468 e. The highest BCUT2D eigenvalue weighted by Crippen LogP contribution is 2.12. The maximum Gasteiger partial charge on any atom is 0.325 e. The fourth-order valence-electron chi connectivity index (χ4n) is 1.49. The molecule has 1 N–H and O–H groups in total. The molecule has 84 valence electrons. The van der Waals surface area contributed by atoms with Crippen molar-refractivity contribution in [2.75, 3.05) is 7.11 Å². The van der Waals surface area contributed by atoms with E-state index in [0.717, 1.165) is 11.1 Å². The molecule has 2 aromatic heterocycles. The highest BCUT2D eigenvalue weighted by Gasteiger charge is 2.09. The molecule has 0 unspecified atom stereocenters. The molecule has 16 heavy (non-hydrogen) atoms. The van der Waals surface area contributed by atoms with Crippen LogP contribution in [0.15, 0.2) is 12.3 Å². The number of ether oxygens (including phenoxy) is 1. The lowest BCUT2D eigenvalue weighted by Crippen LogP contribution is -2.11. The van der Waals surface area contributed by atoms with Crippen LogP contribution in [0.25, 0.3) is 11.2 Å². The van der Waals surface area contributed by atoms with Crippen molar-refractivity contribution in [2.45, 2.75) is 13.5 Å². The second-order valence-electron chi connectivity index (χ2n) is 3.48. The first kappa shape index (κ1) is 10.8. The highest BCUT2D eigenvalue weighted by atomic mass is 32.1. The standard InChI is InChI=1S/C10H11N3O2S/c1-6-3-7-9(11-4-6)13(10(16)12-7)5-8(14)15-2/h3-4H,5H2,1-2H3,(H,12,16). The summed E-state index contributed by atoms with van der Waals surface area (Å²) in [6.45, 7) is 2.02. The predicted molar refractivity (Wildman–Crippen MR) is 61.7 cm³/mol. The summed E-state index contributed by atoms with van der Waals surface area (Å²) in [7, 11) is 1.35. The molecular formula is C10H11N3O2S. The number of nitrogens with one attached hydrogen (secondary N) is 1. The fraction of sp³-hybridized carbons (Fsp3) is 0.300. The Morgan fingerprint density at radius 2 is 2.44 bits per heavy atom. The van der Waals surface area contributed by atoms with Crippen molar-refractivity contribution in [3.05, 3.63) is 22.6 Å². The Morgan fingerprint density at radius 1 is 1.69 bits per heavy atom. The van der Waals surface area contributed by atoms with E-state index in [1.165, 1.54) is 7.11 Å². The Labute approximate surface area is 97.1 Å². The van der Waals surface area contributed by atoms with Gasteiger partial charge in [0.1, 0.15) is 6.54 Å². The van der Waals surface area contributed by atoms with Crippen LogP contribution < -0.4 is 0 Å². The lowest BCUT2D eigenvalue weighted by atomic mass is 10.3. The van der Waals surface area contributed by atoms with Crippen molar-refractivity contribution < 1.29 is 9.53 Å². The van der Waals surface area contributed by atoms with E-state index in [-0.39, 0.29) is 12.5 Å². The van der Waals surface area contributed by atoms with Crippen LogP contribution >= 0.6 is 12.2 Å². The minimum absolute atomic E-state index is 0.0748. The normalized spacial score (nSPS) is 10.6. The van der Waals surface area contributed by atoms with Gasteiger partial charge in [-0.25, -0.2) is 4.98 Å². The summed E-state index contributed by atoms with van der Waals surface area (Å²) in [4.78, 5) is 18.5. The monoisotopic (exact) mass is 237 g/mol. The number of carbonyl (C=O) groups is 1. The lowest BCUT2D eigenvalue weighted by Gasteiger charge is -2.01. The zero-order valence-corrected chi connectivity index (χ0v) is 9.80. The second kappa shape index (κ2) is 4.05. The zero-order valence-electron chi connectivity index (χ0n) is 8.98. The number of nitrogens with zero attached hydrogens (tertiary/aromatic N) is 2. The number of esters is 1. The van der Waals surface area contributed by atoms with Crippen molar-refractivity contribution in [1.82, 2.24) is 14.5 Å². The van der Waals surface area contributed by atoms with E-state index in [0.29, 0.717) is 10.4 Å². The number of aromatic amines is 1. The first-order chi connectivity index (χ1) is 7.61. The molecule has 0 radical (unpaired) electrons. The molecule has 0 aromatic carbocycles. The van der Waals surface area contributed by atoms with Crippen LogP contribution in [0.3, 0.4) is 0 Å². The smallest absolute Gasteiger partial charge is 0.325 e. The van der Waals surface area contributed by atoms with E-state index < -0.39 is 0 Å². The van der Waals surface area contributed by atoms with Gasteiger partial charge in [-0.3, -0.25) is 9.36 Å². The Bertz CT molecular complexity index is 600. The Kier molecular flexibility index (Phi) is 2.74. The third kappa shape index (κ3) is 1.83. The van der Waals surface area contributed by atoms with E-state index >= 15 is 0 Å². The number of methoxy groups -OCH3 is 1. The summed E-state index contributed by atoms with van der Waals surface area (Å²) in [6, 6.07) is 1.94. The highest BCUT2D eigenvalue weighted by molar-refractivity contribution is 7.71. The van der Waals surface area contributed by atoms with Gasteiger partial charge in [0.05, 0.1) is 12.6 Å². The third-order valence-corrected chi connectivity index (χ3v) is 2.58. The van der Waals surface area contributed by atoms with Gasteiger partial charge in [0.15, 0.2) is 10.4 Å². The van der Waals surface area contributed by atoms with Gasteiger partial charge >= 0.3 is 5.97 Å². The average molecular weight is 237 g/mol. The van der Waals surface area contributed by atoms with Crippen LogP contribution in [0.2, 0.25) is 0 Å². The number of imidazole rings is 1. The van der Waals surface area contributed by atoms with Gasteiger partial charge in [0, 0.05) is 6.20 Å². The molecule has 0 atom stereocenters. The van der Waals surface area contributed by atoms with Crippen LogP contribution in [0.4, 0.5) is 0 Å². The zero-order chi connectivity index (χ0) is 11.7. The van der Waals surface area contributed by atoms with Crippen molar-refractivity contribution in [3.8, 4) is 0 Å². The largest absolute Gasteiger partial charge is 0.468 e. The molecule has 0 aliphatic rings. The van der Waals surface area contributed by atoms with Gasteiger partial charge in [-0.1, -0.05) is 0 Å². The number of hydrogen-bond acceptors (Lipinski definition) is 4. The van der Waals surface area contributed by atoms with Gasteiger partial charge < -0.3 is 9.72 Å². The number of pyridine rings is 1. The Hall–Kier alpha value is -1.69. The van der Waals surface area contributed by atoms with Crippen LogP contribution in [-0.2, 0) is 16.1 Å². The molecule has 0 saturated carbocycles. The summed E-state index contributed by atoms with van der Waals surface area (Å²) in [5.41, 5.74) is 2.53. The Morgan fingerprint density at radius 3 is 3.12 bits per heavy atom. The van der Waals surface area contributed by atoms with Crippen molar-refractivity contribution >= 4 is 29.4 Å². The molecule has 0 spiro atoms. The number of aryl methyl sites for hydroxylation is 1. The average Bonchev–Trinajstić information content (AvgIpc) is 2.54. The van der Waals surface area contributed by atoms with Crippen LogP contribution in [0, 0.1) is 11.7 Å². The van der Waals surface area contributed by atoms with E-state index in [1.54, 1.807) is 10.8 Å². The van der Waals surface area contributed by atoms with Crippen LogP contribution in [0.5, 0.6) is 0 Å². The summed E-state index contributed by atoms with van der Waals surface area (Å²) in [6.07, 6.45) is 1.73. The number of hydrogen-bond donors (Lipinski definition) is 1. The van der Waals surface area contributed by atoms with Crippen LogP contribution in [0.1, 0.15) is 5.56 Å². The van der Waals surface area contributed by atoms with Crippen LogP contribution in [-0.4, -0.2) is 27.6 Å². The van der Waals surface area contributed by atoms with Gasteiger partial charge in [-0.2, -0.15) is 0 Å². The molecule has 0 amide bonds. The SMILES string of the molecule is COC(=O)Cn1c(=S)[nH]c2cc(C)cnc21. The van der Waals surface area contributed by atoms with Gasteiger partial charge in [-0.15, -0.1) is 0 Å². The maximum absolute atomic E-state index is 11.2. The summed E-state index contributed by atoms with van der Waals surface area (Å²) in [5.74, 6) is -0.348. The summed E-state index contributed by atoms with van der Waals surface area (Å²) < 4.78 is 6.70. The molecule has 2 aromatic rings. The lowest BCUT2D eigenvalue weighted by molar-refractivity contribution is -0.141. The Balaban J connectivity index is 2.56. The van der Waals surface area contributed by atoms with E-state index in [4.69, 9.17) is 12.2 Å².